The lowest BCUT2D eigenvalue weighted by molar-refractivity contribution is 0.150. The van der Waals surface area contributed by atoms with E-state index >= 15 is 0 Å². The molecule has 6 heteroatoms. The van der Waals surface area contributed by atoms with Crippen LogP contribution in [-0.4, -0.2) is 4.98 Å². The van der Waals surface area contributed by atoms with Gasteiger partial charge in [-0.2, -0.15) is 5.26 Å². The van der Waals surface area contributed by atoms with Gasteiger partial charge < -0.3 is 0 Å². The van der Waals surface area contributed by atoms with Crippen LogP contribution in [0.25, 0.3) is 0 Å². The molecule has 0 spiro atoms. The molecule has 0 atom stereocenters. The van der Waals surface area contributed by atoms with Crippen LogP contribution in [0.3, 0.4) is 0 Å². The van der Waals surface area contributed by atoms with Crippen molar-refractivity contribution in [2.75, 3.05) is 0 Å². The van der Waals surface area contributed by atoms with Gasteiger partial charge in [0.1, 0.15) is 11.8 Å². The molecule has 0 aliphatic rings. The summed E-state index contributed by atoms with van der Waals surface area (Å²) in [5, 5.41) is 8.62. The van der Waals surface area contributed by atoms with Crippen LogP contribution in [-0.2, 0) is 5.88 Å². The van der Waals surface area contributed by atoms with E-state index in [4.69, 9.17) is 16.9 Å². The summed E-state index contributed by atoms with van der Waals surface area (Å²) in [7, 11) is 0. The first-order chi connectivity index (χ1) is 6.61. The second kappa shape index (κ2) is 4.67. The molecule has 2 nitrogen and oxygen atoms in total. The van der Waals surface area contributed by atoms with E-state index in [2.05, 4.69) is 20.9 Å². The molecule has 0 aliphatic heterocycles. The van der Waals surface area contributed by atoms with Crippen LogP contribution in [0.2, 0.25) is 0 Å². The maximum absolute atomic E-state index is 12.4. The van der Waals surface area contributed by atoms with Gasteiger partial charge in [-0.15, -0.1) is 11.6 Å². The van der Waals surface area contributed by atoms with Crippen molar-refractivity contribution in [1.29, 1.82) is 5.26 Å². The van der Waals surface area contributed by atoms with Gasteiger partial charge in [-0.3, -0.25) is 0 Å². The summed E-state index contributed by atoms with van der Waals surface area (Å²) >= 11 is 8.50. The smallest absolute Gasteiger partial charge is 0.245 e. The first kappa shape index (κ1) is 11.3. The second-order valence-electron chi connectivity index (χ2n) is 2.40. The minimum atomic E-state index is -2.63. The number of alkyl halides is 3. The standard InChI is InChI=1S/C8H4BrClF2N2/c9-7-4(1-10)6(2-13)14-3-5(7)8(11)12/h3,8H,1H2. The van der Waals surface area contributed by atoms with E-state index in [1.54, 1.807) is 6.07 Å². The van der Waals surface area contributed by atoms with Gasteiger partial charge in [-0.25, -0.2) is 13.8 Å². The predicted molar refractivity (Wildman–Crippen MR) is 51.2 cm³/mol. The third kappa shape index (κ3) is 2.02. The van der Waals surface area contributed by atoms with E-state index in [9.17, 15) is 8.78 Å². The molecule has 0 bridgehead atoms. The van der Waals surface area contributed by atoms with Gasteiger partial charge in [0.2, 0.25) is 0 Å². The van der Waals surface area contributed by atoms with Gasteiger partial charge in [0.05, 0.1) is 11.4 Å². The van der Waals surface area contributed by atoms with Crippen molar-refractivity contribution in [2.45, 2.75) is 12.3 Å². The fourth-order valence-electron chi connectivity index (χ4n) is 0.917. The van der Waals surface area contributed by atoms with Crippen LogP contribution < -0.4 is 0 Å². The topological polar surface area (TPSA) is 36.7 Å². The molecule has 0 saturated heterocycles. The van der Waals surface area contributed by atoms with Crippen LogP contribution in [0, 0.1) is 11.3 Å². The molecule has 14 heavy (non-hydrogen) atoms. The van der Waals surface area contributed by atoms with Gasteiger partial charge in [-0.05, 0) is 15.9 Å². The average molecular weight is 281 g/mol. The number of nitriles is 1. The molecule has 0 amide bonds. The summed E-state index contributed by atoms with van der Waals surface area (Å²) in [6, 6.07) is 1.78. The molecule has 1 aromatic rings. The van der Waals surface area contributed by atoms with Crippen molar-refractivity contribution in [3.05, 3.63) is 27.5 Å². The van der Waals surface area contributed by atoms with Crippen LogP contribution in [0.1, 0.15) is 23.2 Å². The number of pyridine rings is 1. The Hall–Kier alpha value is -0.730. The SMILES string of the molecule is N#Cc1ncc(C(F)F)c(Br)c1CCl. The van der Waals surface area contributed by atoms with Crippen molar-refractivity contribution >= 4 is 27.5 Å². The van der Waals surface area contributed by atoms with Crippen molar-refractivity contribution in [3.8, 4) is 6.07 Å². The van der Waals surface area contributed by atoms with Crippen molar-refractivity contribution in [2.24, 2.45) is 0 Å². The Morgan fingerprint density at radius 1 is 1.64 bits per heavy atom. The molecule has 0 saturated carbocycles. The minimum Gasteiger partial charge on any atom is -0.245 e. The zero-order valence-electron chi connectivity index (χ0n) is 6.77. The number of rotatable bonds is 2. The highest BCUT2D eigenvalue weighted by Crippen LogP contribution is 2.31. The van der Waals surface area contributed by atoms with Gasteiger partial charge in [0, 0.05) is 16.2 Å². The Morgan fingerprint density at radius 2 is 2.29 bits per heavy atom. The molecule has 1 aromatic heterocycles. The molecule has 0 radical (unpaired) electrons. The highest BCUT2D eigenvalue weighted by molar-refractivity contribution is 9.10. The first-order valence-corrected chi connectivity index (χ1v) is 4.86. The molecule has 0 aliphatic carbocycles. The zero-order valence-corrected chi connectivity index (χ0v) is 9.11. The predicted octanol–water partition coefficient (Wildman–Crippen LogP) is 3.39. The highest BCUT2D eigenvalue weighted by atomic mass is 79.9. The molecule has 0 fully saturated rings. The van der Waals surface area contributed by atoms with E-state index < -0.39 is 6.43 Å². The van der Waals surface area contributed by atoms with E-state index in [0.717, 1.165) is 6.20 Å². The molecule has 1 rings (SSSR count). The number of aromatic nitrogens is 1. The Kier molecular flexibility index (Phi) is 3.78. The van der Waals surface area contributed by atoms with Crippen molar-refractivity contribution in [1.82, 2.24) is 4.98 Å². The summed E-state index contributed by atoms with van der Waals surface area (Å²) in [5.74, 6) is -0.0307. The Morgan fingerprint density at radius 3 is 2.71 bits per heavy atom. The number of halogens is 4. The maximum atomic E-state index is 12.4. The van der Waals surface area contributed by atoms with Gasteiger partial charge in [0.15, 0.2) is 0 Å². The zero-order chi connectivity index (χ0) is 10.7. The monoisotopic (exact) mass is 280 g/mol. The highest BCUT2D eigenvalue weighted by Gasteiger charge is 2.17. The Balaban J connectivity index is 3.37. The van der Waals surface area contributed by atoms with Crippen LogP contribution >= 0.6 is 27.5 Å². The van der Waals surface area contributed by atoms with Crippen LogP contribution in [0.4, 0.5) is 8.78 Å². The Labute approximate surface area is 92.6 Å². The van der Waals surface area contributed by atoms with Crippen molar-refractivity contribution in [3.63, 3.8) is 0 Å². The number of nitrogens with zero attached hydrogens (tertiary/aromatic N) is 2. The molecular formula is C8H4BrClF2N2. The molecule has 74 valence electrons. The second-order valence-corrected chi connectivity index (χ2v) is 3.46. The Bertz CT molecular complexity index is 390. The average Bonchev–Trinajstić information content (AvgIpc) is 2.16. The third-order valence-electron chi connectivity index (χ3n) is 1.61. The van der Waals surface area contributed by atoms with E-state index in [0.29, 0.717) is 5.56 Å². The largest absolute Gasteiger partial charge is 0.266 e. The number of hydrogen-bond acceptors (Lipinski definition) is 2. The van der Waals surface area contributed by atoms with Crippen molar-refractivity contribution < 1.29 is 8.78 Å². The summed E-state index contributed by atoms with van der Waals surface area (Å²) < 4.78 is 24.9. The van der Waals surface area contributed by atoms with Gasteiger partial charge in [0.25, 0.3) is 6.43 Å². The fourth-order valence-corrected chi connectivity index (χ4v) is 1.94. The molecular weight excluding hydrogens is 277 g/mol. The fraction of sp³-hybridized carbons (Fsp3) is 0.250. The molecule has 0 unspecified atom stereocenters. The van der Waals surface area contributed by atoms with Gasteiger partial charge >= 0.3 is 0 Å². The lowest BCUT2D eigenvalue weighted by Gasteiger charge is -2.07. The lowest BCUT2D eigenvalue weighted by Crippen LogP contribution is -1.98. The molecule has 1 heterocycles. The normalized spacial score (nSPS) is 10.3. The van der Waals surface area contributed by atoms with Gasteiger partial charge in [-0.1, -0.05) is 0 Å². The quantitative estimate of drug-likeness (QED) is 0.779. The summed E-state index contributed by atoms with van der Waals surface area (Å²) in [4.78, 5) is 3.59. The first-order valence-electron chi connectivity index (χ1n) is 3.53. The van der Waals surface area contributed by atoms with E-state index in [1.807, 2.05) is 0 Å². The summed E-state index contributed by atoms with van der Waals surface area (Å²) in [5.41, 5.74) is 0.114. The summed E-state index contributed by atoms with van der Waals surface area (Å²) in [6.45, 7) is 0. The van der Waals surface area contributed by atoms with E-state index in [-0.39, 0.29) is 21.6 Å². The third-order valence-corrected chi connectivity index (χ3v) is 2.82. The molecule has 0 N–H and O–H groups in total. The van der Waals surface area contributed by atoms with Crippen LogP contribution in [0.15, 0.2) is 10.7 Å². The number of hydrogen-bond donors (Lipinski definition) is 0. The van der Waals surface area contributed by atoms with E-state index in [1.165, 1.54) is 0 Å². The van der Waals surface area contributed by atoms with Crippen LogP contribution in [0.5, 0.6) is 0 Å². The maximum Gasteiger partial charge on any atom is 0.266 e. The minimum absolute atomic E-state index is 0.0307. The molecule has 0 aromatic carbocycles. The lowest BCUT2D eigenvalue weighted by atomic mass is 10.1. The summed E-state index contributed by atoms with van der Waals surface area (Å²) in [6.07, 6.45) is -1.66.